The fourth-order valence-corrected chi connectivity index (χ4v) is 2.75. The molecule has 2 aliphatic rings. The number of nitrogens with one attached hydrogen (secondary N) is 1. The Kier molecular flexibility index (Phi) is 5.73. The second kappa shape index (κ2) is 7.55. The second-order valence-electron chi connectivity index (χ2n) is 5.75. The highest BCUT2D eigenvalue weighted by Gasteiger charge is 2.35. The lowest BCUT2D eigenvalue weighted by molar-refractivity contribution is -0.150. The highest BCUT2D eigenvalue weighted by molar-refractivity contribution is 5.92. The van der Waals surface area contributed by atoms with Gasteiger partial charge in [-0.25, -0.2) is 0 Å². The van der Waals surface area contributed by atoms with Crippen molar-refractivity contribution in [3.63, 3.8) is 0 Å². The minimum absolute atomic E-state index is 0.100. The zero-order chi connectivity index (χ0) is 16.1. The molecule has 22 heavy (non-hydrogen) atoms. The monoisotopic (exact) mass is 312 g/mol. The van der Waals surface area contributed by atoms with Crippen LogP contribution in [0.1, 0.15) is 6.42 Å². The van der Waals surface area contributed by atoms with Crippen molar-refractivity contribution in [1.82, 2.24) is 20.0 Å². The summed E-state index contributed by atoms with van der Waals surface area (Å²) in [4.78, 5) is 41.8. The maximum absolute atomic E-state index is 12.5. The normalized spacial score (nSPS) is 24.0. The van der Waals surface area contributed by atoms with E-state index in [1.54, 1.807) is 0 Å². The van der Waals surface area contributed by atoms with E-state index >= 15 is 0 Å². The number of carbonyl (C=O) groups excluding carboxylic acids is 3. The Morgan fingerprint density at radius 1 is 1.23 bits per heavy atom. The van der Waals surface area contributed by atoms with Crippen molar-refractivity contribution in [3.05, 3.63) is 0 Å². The molecule has 1 atom stereocenters. The molecule has 8 nitrogen and oxygen atoms in total. The summed E-state index contributed by atoms with van der Waals surface area (Å²) in [7, 11) is 3.33. The molecule has 2 fully saturated rings. The number of hydrogen-bond acceptors (Lipinski definition) is 6. The molecule has 2 aliphatic heterocycles. The molecule has 2 saturated heterocycles. The van der Waals surface area contributed by atoms with Gasteiger partial charge in [0.1, 0.15) is 6.04 Å². The number of hydrogen-bond donors (Lipinski definition) is 1. The summed E-state index contributed by atoms with van der Waals surface area (Å²) in [5.41, 5.74) is 0. The van der Waals surface area contributed by atoms with E-state index in [4.69, 9.17) is 0 Å². The van der Waals surface area contributed by atoms with Crippen LogP contribution in [0.25, 0.3) is 0 Å². The van der Waals surface area contributed by atoms with Crippen LogP contribution in [0.2, 0.25) is 0 Å². The average Bonchev–Trinajstić information content (AvgIpc) is 2.51. The minimum Gasteiger partial charge on any atom is -0.469 e. The highest BCUT2D eigenvalue weighted by Crippen LogP contribution is 2.11. The molecule has 0 spiro atoms. The molecule has 1 N–H and O–H groups in total. The van der Waals surface area contributed by atoms with Crippen LogP contribution in [0.15, 0.2) is 0 Å². The van der Waals surface area contributed by atoms with Crippen LogP contribution in [0.4, 0.5) is 0 Å². The number of likely N-dealkylation sites (N-methyl/N-ethyl adjacent to an activating group) is 1. The van der Waals surface area contributed by atoms with Crippen molar-refractivity contribution in [3.8, 4) is 0 Å². The zero-order valence-corrected chi connectivity index (χ0v) is 13.2. The van der Waals surface area contributed by atoms with Gasteiger partial charge in [0.05, 0.1) is 20.1 Å². The number of carbonyl (C=O) groups is 3. The summed E-state index contributed by atoms with van der Waals surface area (Å²) < 4.78 is 4.62. The topological polar surface area (TPSA) is 82.2 Å². The number of piperazine rings is 2. The summed E-state index contributed by atoms with van der Waals surface area (Å²) in [5.74, 6) is -0.879. The molecule has 0 aromatic carbocycles. The number of rotatable bonds is 4. The molecule has 0 radical (unpaired) electrons. The van der Waals surface area contributed by atoms with Crippen molar-refractivity contribution in [2.75, 3.05) is 60.0 Å². The van der Waals surface area contributed by atoms with Gasteiger partial charge in [-0.15, -0.1) is 0 Å². The summed E-state index contributed by atoms with van der Waals surface area (Å²) in [6.07, 6.45) is -0.100. The van der Waals surface area contributed by atoms with Gasteiger partial charge >= 0.3 is 5.97 Å². The maximum Gasteiger partial charge on any atom is 0.308 e. The summed E-state index contributed by atoms with van der Waals surface area (Å²) in [5, 5.41) is 2.69. The summed E-state index contributed by atoms with van der Waals surface area (Å²) in [6, 6.07) is -0.763. The van der Waals surface area contributed by atoms with E-state index in [2.05, 4.69) is 26.9 Å². The van der Waals surface area contributed by atoms with Gasteiger partial charge in [-0.2, -0.15) is 0 Å². The highest BCUT2D eigenvalue weighted by atomic mass is 16.5. The third-order valence-corrected chi connectivity index (χ3v) is 4.19. The first-order valence-electron chi connectivity index (χ1n) is 7.56. The van der Waals surface area contributed by atoms with E-state index in [-0.39, 0.29) is 18.2 Å². The molecule has 0 bridgehead atoms. The standard InChI is InChI=1S/C14H24N4O4/c1-16-5-7-17(8-6-16)10-12(19)18-4-3-15-14(21)11(18)9-13(20)22-2/h11H,3-10H2,1-2H3,(H,15,21). The van der Waals surface area contributed by atoms with Crippen LogP contribution in [0.3, 0.4) is 0 Å². The molecule has 0 aromatic heterocycles. The molecule has 0 saturated carbocycles. The van der Waals surface area contributed by atoms with Crippen LogP contribution in [0, 0.1) is 0 Å². The maximum atomic E-state index is 12.5. The zero-order valence-electron chi connectivity index (χ0n) is 13.2. The Morgan fingerprint density at radius 2 is 1.91 bits per heavy atom. The van der Waals surface area contributed by atoms with Crippen LogP contribution in [0.5, 0.6) is 0 Å². The van der Waals surface area contributed by atoms with E-state index < -0.39 is 12.0 Å². The van der Waals surface area contributed by atoms with Gasteiger partial charge in [-0.05, 0) is 7.05 Å². The van der Waals surface area contributed by atoms with Crippen molar-refractivity contribution in [1.29, 1.82) is 0 Å². The average molecular weight is 312 g/mol. The van der Waals surface area contributed by atoms with Crippen LogP contribution >= 0.6 is 0 Å². The third kappa shape index (κ3) is 4.17. The SMILES string of the molecule is COC(=O)CC1C(=O)NCCN1C(=O)CN1CCN(C)CC1. The molecular formula is C14H24N4O4. The van der Waals surface area contributed by atoms with E-state index in [0.29, 0.717) is 19.6 Å². The lowest BCUT2D eigenvalue weighted by Gasteiger charge is -2.37. The smallest absolute Gasteiger partial charge is 0.308 e. The van der Waals surface area contributed by atoms with Gasteiger partial charge in [0.2, 0.25) is 11.8 Å². The number of ether oxygens (including phenoxy) is 1. The fraction of sp³-hybridized carbons (Fsp3) is 0.786. The molecule has 1 unspecified atom stereocenters. The van der Waals surface area contributed by atoms with Crippen molar-refractivity contribution >= 4 is 17.8 Å². The van der Waals surface area contributed by atoms with Gasteiger partial charge in [-0.1, -0.05) is 0 Å². The quantitative estimate of drug-likeness (QED) is 0.612. The lowest BCUT2D eigenvalue weighted by Crippen LogP contribution is -2.60. The molecular weight excluding hydrogens is 288 g/mol. The minimum atomic E-state index is -0.763. The summed E-state index contributed by atoms with van der Waals surface area (Å²) in [6.45, 7) is 4.68. The first-order chi connectivity index (χ1) is 10.5. The molecule has 2 rings (SSSR count). The lowest BCUT2D eigenvalue weighted by atomic mass is 10.1. The number of amides is 2. The van der Waals surface area contributed by atoms with Gasteiger partial charge in [0, 0.05) is 39.3 Å². The van der Waals surface area contributed by atoms with E-state index in [1.807, 2.05) is 0 Å². The van der Waals surface area contributed by atoms with E-state index in [1.165, 1.54) is 12.0 Å². The first-order valence-corrected chi connectivity index (χ1v) is 7.56. The second-order valence-corrected chi connectivity index (χ2v) is 5.75. The largest absolute Gasteiger partial charge is 0.469 e. The molecule has 8 heteroatoms. The Balaban J connectivity index is 1.95. The number of esters is 1. The third-order valence-electron chi connectivity index (χ3n) is 4.19. The number of methoxy groups -OCH3 is 1. The van der Waals surface area contributed by atoms with Crippen molar-refractivity contribution in [2.24, 2.45) is 0 Å². The molecule has 124 valence electrons. The molecule has 0 aliphatic carbocycles. The van der Waals surface area contributed by atoms with Gasteiger partial charge in [-0.3, -0.25) is 19.3 Å². The van der Waals surface area contributed by atoms with Gasteiger partial charge < -0.3 is 19.9 Å². The van der Waals surface area contributed by atoms with E-state index in [9.17, 15) is 14.4 Å². The molecule has 2 amide bonds. The predicted molar refractivity (Wildman–Crippen MR) is 79.1 cm³/mol. The van der Waals surface area contributed by atoms with Crippen molar-refractivity contribution in [2.45, 2.75) is 12.5 Å². The van der Waals surface area contributed by atoms with Crippen LogP contribution < -0.4 is 5.32 Å². The van der Waals surface area contributed by atoms with Crippen molar-refractivity contribution < 1.29 is 19.1 Å². The molecule has 0 aromatic rings. The fourth-order valence-electron chi connectivity index (χ4n) is 2.75. The Bertz CT molecular complexity index is 435. The van der Waals surface area contributed by atoms with Gasteiger partial charge in [0.15, 0.2) is 0 Å². The Hall–Kier alpha value is -1.67. The van der Waals surface area contributed by atoms with E-state index in [0.717, 1.165) is 26.2 Å². The first kappa shape index (κ1) is 16.7. The van der Waals surface area contributed by atoms with Crippen LogP contribution in [-0.4, -0.2) is 98.5 Å². The molecule has 2 heterocycles. The predicted octanol–water partition coefficient (Wildman–Crippen LogP) is -1.88. The Morgan fingerprint density at radius 3 is 2.55 bits per heavy atom. The van der Waals surface area contributed by atoms with Gasteiger partial charge in [0.25, 0.3) is 0 Å². The summed E-state index contributed by atoms with van der Waals surface area (Å²) >= 11 is 0. The number of nitrogens with zero attached hydrogens (tertiary/aromatic N) is 3. The Labute approximate surface area is 130 Å². The van der Waals surface area contributed by atoms with Crippen LogP contribution in [-0.2, 0) is 19.1 Å².